The van der Waals surface area contributed by atoms with Crippen LogP contribution >= 0.6 is 0 Å². The van der Waals surface area contributed by atoms with Gasteiger partial charge in [0.1, 0.15) is 11.5 Å². The number of aromatic nitrogens is 1. The number of nitrogen functional groups attached to an aromatic ring is 1. The van der Waals surface area contributed by atoms with Gasteiger partial charge < -0.3 is 20.2 Å². The number of methoxy groups -OCH3 is 2. The highest BCUT2D eigenvalue weighted by molar-refractivity contribution is 6.16. The Morgan fingerprint density at radius 3 is 2.54 bits per heavy atom. The second-order valence-electron chi connectivity index (χ2n) is 6.06. The van der Waals surface area contributed by atoms with E-state index in [-0.39, 0.29) is 5.78 Å². The van der Waals surface area contributed by atoms with Crippen LogP contribution in [-0.4, -0.2) is 25.0 Å². The summed E-state index contributed by atoms with van der Waals surface area (Å²) in [5.41, 5.74) is 8.16. The predicted molar refractivity (Wildman–Crippen MR) is 103 cm³/mol. The molecule has 0 aliphatic carbocycles. The van der Waals surface area contributed by atoms with E-state index in [0.29, 0.717) is 22.7 Å². The van der Waals surface area contributed by atoms with Crippen LogP contribution in [0.15, 0.2) is 54.6 Å². The maximum Gasteiger partial charge on any atom is 0.212 e. The summed E-state index contributed by atoms with van der Waals surface area (Å²) in [7, 11) is 3.17. The quantitative estimate of drug-likeness (QED) is 0.430. The van der Waals surface area contributed by atoms with Gasteiger partial charge in [-0.25, -0.2) is 0 Å². The Morgan fingerprint density at radius 2 is 1.77 bits per heavy atom. The largest absolute Gasteiger partial charge is 0.496 e. The summed E-state index contributed by atoms with van der Waals surface area (Å²) in [6, 6.07) is 16.7. The van der Waals surface area contributed by atoms with Crippen molar-refractivity contribution in [3.63, 3.8) is 0 Å². The molecule has 4 aromatic rings. The fraction of sp³-hybridized carbons (Fsp3) is 0.0952. The number of benzene rings is 3. The van der Waals surface area contributed by atoms with Crippen molar-refractivity contribution in [2.24, 2.45) is 0 Å². The van der Waals surface area contributed by atoms with E-state index >= 15 is 0 Å². The van der Waals surface area contributed by atoms with Crippen LogP contribution in [0.4, 0.5) is 5.69 Å². The number of hydrogen-bond acceptors (Lipinski definition) is 4. The molecule has 5 nitrogen and oxygen atoms in total. The monoisotopic (exact) mass is 346 g/mol. The molecule has 4 rings (SSSR count). The third kappa shape index (κ3) is 2.45. The molecule has 1 heterocycles. The van der Waals surface area contributed by atoms with Gasteiger partial charge in [0.2, 0.25) is 5.78 Å². The molecule has 0 amide bonds. The Hall–Kier alpha value is -3.47. The molecule has 0 aliphatic heterocycles. The van der Waals surface area contributed by atoms with Crippen LogP contribution in [0.5, 0.6) is 11.5 Å². The Morgan fingerprint density at radius 1 is 0.962 bits per heavy atom. The number of nitrogens with one attached hydrogen (secondary N) is 1. The summed E-state index contributed by atoms with van der Waals surface area (Å²) in [4.78, 5) is 16.2. The van der Waals surface area contributed by atoms with Crippen LogP contribution < -0.4 is 15.2 Å². The molecule has 0 aliphatic rings. The Bertz CT molecular complexity index is 1140. The molecule has 0 saturated carbocycles. The minimum absolute atomic E-state index is 0.152. The van der Waals surface area contributed by atoms with Crippen LogP contribution in [0.2, 0.25) is 0 Å². The van der Waals surface area contributed by atoms with Gasteiger partial charge in [0, 0.05) is 28.0 Å². The highest BCUT2D eigenvalue weighted by Gasteiger charge is 2.18. The number of ether oxygens (including phenoxy) is 2. The van der Waals surface area contributed by atoms with Crippen molar-refractivity contribution in [1.29, 1.82) is 0 Å². The number of hydrogen-bond donors (Lipinski definition) is 2. The highest BCUT2D eigenvalue weighted by Crippen LogP contribution is 2.34. The standard InChI is InChI=1S/C21H18N2O3/c1-25-18-5-3-4-12-6-9-16-15(20(12)18)11-17(23-16)21(24)14-8-7-13(22)10-19(14)26-2/h3-11,23H,22H2,1-2H3. The van der Waals surface area contributed by atoms with E-state index in [1.807, 2.05) is 36.4 Å². The molecule has 3 aromatic carbocycles. The van der Waals surface area contributed by atoms with Crippen molar-refractivity contribution in [2.75, 3.05) is 20.0 Å². The number of H-pyrrole nitrogens is 1. The van der Waals surface area contributed by atoms with Gasteiger partial charge in [0.25, 0.3) is 0 Å². The molecule has 0 unspecified atom stereocenters. The van der Waals surface area contributed by atoms with Gasteiger partial charge in [-0.15, -0.1) is 0 Å². The molecule has 5 heteroatoms. The summed E-state index contributed by atoms with van der Waals surface area (Å²) in [5, 5.41) is 2.98. The van der Waals surface area contributed by atoms with Crippen LogP contribution in [0.1, 0.15) is 16.1 Å². The lowest BCUT2D eigenvalue weighted by Crippen LogP contribution is -2.04. The molecular weight excluding hydrogens is 328 g/mol. The summed E-state index contributed by atoms with van der Waals surface area (Å²) < 4.78 is 10.8. The Balaban J connectivity index is 1.91. The first-order chi connectivity index (χ1) is 12.6. The Labute approximate surface area is 150 Å². The lowest BCUT2D eigenvalue weighted by molar-refractivity contribution is 0.103. The van der Waals surface area contributed by atoms with Crippen molar-refractivity contribution in [1.82, 2.24) is 4.98 Å². The van der Waals surface area contributed by atoms with Gasteiger partial charge in [-0.1, -0.05) is 18.2 Å². The van der Waals surface area contributed by atoms with E-state index in [2.05, 4.69) is 4.98 Å². The second-order valence-corrected chi connectivity index (χ2v) is 6.06. The number of anilines is 1. The maximum atomic E-state index is 13.0. The summed E-state index contributed by atoms with van der Waals surface area (Å²) >= 11 is 0. The molecule has 0 bridgehead atoms. The molecule has 0 fully saturated rings. The number of ketones is 1. The van der Waals surface area contributed by atoms with E-state index in [1.165, 1.54) is 7.11 Å². The van der Waals surface area contributed by atoms with Crippen molar-refractivity contribution < 1.29 is 14.3 Å². The first kappa shape index (κ1) is 16.0. The van der Waals surface area contributed by atoms with Crippen LogP contribution in [0.25, 0.3) is 21.7 Å². The van der Waals surface area contributed by atoms with Gasteiger partial charge in [-0.05, 0) is 35.7 Å². The van der Waals surface area contributed by atoms with Crippen molar-refractivity contribution in [2.45, 2.75) is 0 Å². The summed E-state index contributed by atoms with van der Waals surface area (Å²) in [5.74, 6) is 1.08. The van der Waals surface area contributed by atoms with Gasteiger partial charge in [-0.3, -0.25) is 4.79 Å². The lowest BCUT2D eigenvalue weighted by Gasteiger charge is -2.07. The topological polar surface area (TPSA) is 77.3 Å². The molecule has 0 atom stereocenters. The molecule has 130 valence electrons. The molecule has 3 N–H and O–H groups in total. The molecular formula is C21H18N2O3. The van der Waals surface area contributed by atoms with E-state index < -0.39 is 0 Å². The molecule has 0 saturated heterocycles. The average molecular weight is 346 g/mol. The molecule has 26 heavy (non-hydrogen) atoms. The fourth-order valence-electron chi connectivity index (χ4n) is 3.29. The number of carbonyl (C=O) groups excluding carboxylic acids is 1. The molecule has 0 spiro atoms. The van der Waals surface area contributed by atoms with Crippen molar-refractivity contribution >= 4 is 33.1 Å². The number of nitrogens with two attached hydrogens (primary N) is 1. The van der Waals surface area contributed by atoms with Gasteiger partial charge in [-0.2, -0.15) is 0 Å². The van der Waals surface area contributed by atoms with E-state index in [0.717, 1.165) is 27.4 Å². The minimum atomic E-state index is -0.152. The van der Waals surface area contributed by atoms with Gasteiger partial charge in [0.05, 0.1) is 25.5 Å². The predicted octanol–water partition coefficient (Wildman–Crippen LogP) is 4.15. The zero-order chi connectivity index (χ0) is 18.3. The second kappa shape index (κ2) is 6.11. The first-order valence-corrected chi connectivity index (χ1v) is 8.19. The maximum absolute atomic E-state index is 13.0. The van der Waals surface area contributed by atoms with Crippen LogP contribution in [0, 0.1) is 0 Å². The molecule has 0 radical (unpaired) electrons. The number of fused-ring (bicyclic) bond motifs is 3. The molecule has 1 aromatic heterocycles. The average Bonchev–Trinajstić information content (AvgIpc) is 3.11. The number of carbonyl (C=O) groups is 1. The van der Waals surface area contributed by atoms with Gasteiger partial charge in [0.15, 0.2) is 0 Å². The van der Waals surface area contributed by atoms with E-state index in [9.17, 15) is 4.79 Å². The Kier molecular flexibility index (Phi) is 3.77. The van der Waals surface area contributed by atoms with Crippen LogP contribution in [-0.2, 0) is 0 Å². The summed E-state index contributed by atoms with van der Waals surface area (Å²) in [6.45, 7) is 0. The third-order valence-electron chi connectivity index (χ3n) is 4.54. The number of rotatable bonds is 4. The minimum Gasteiger partial charge on any atom is -0.496 e. The third-order valence-corrected chi connectivity index (χ3v) is 4.54. The normalized spacial score (nSPS) is 11.0. The SMILES string of the molecule is COc1cc(N)ccc1C(=O)c1cc2c(ccc3cccc(OC)c32)[nH]1. The first-order valence-electron chi connectivity index (χ1n) is 8.19. The number of aromatic amines is 1. The smallest absolute Gasteiger partial charge is 0.212 e. The summed E-state index contributed by atoms with van der Waals surface area (Å²) in [6.07, 6.45) is 0. The van der Waals surface area contributed by atoms with Crippen molar-refractivity contribution in [3.8, 4) is 11.5 Å². The zero-order valence-corrected chi connectivity index (χ0v) is 14.5. The lowest BCUT2D eigenvalue weighted by atomic mass is 10.0. The zero-order valence-electron chi connectivity index (χ0n) is 14.5. The van der Waals surface area contributed by atoms with E-state index in [1.54, 1.807) is 25.3 Å². The van der Waals surface area contributed by atoms with Crippen molar-refractivity contribution in [3.05, 3.63) is 65.9 Å². The van der Waals surface area contributed by atoms with Gasteiger partial charge >= 0.3 is 0 Å². The van der Waals surface area contributed by atoms with E-state index in [4.69, 9.17) is 15.2 Å². The fourth-order valence-corrected chi connectivity index (χ4v) is 3.29. The highest BCUT2D eigenvalue weighted by atomic mass is 16.5. The van der Waals surface area contributed by atoms with Crippen LogP contribution in [0.3, 0.4) is 0 Å².